The van der Waals surface area contributed by atoms with Gasteiger partial charge in [-0.15, -0.1) is 0 Å². The molecule has 0 bridgehead atoms. The van der Waals surface area contributed by atoms with Crippen LogP contribution >= 0.6 is 0 Å². The van der Waals surface area contributed by atoms with Crippen LogP contribution in [0.4, 0.5) is 4.79 Å². The Labute approximate surface area is 86.9 Å². The van der Waals surface area contributed by atoms with Gasteiger partial charge in [0.25, 0.3) is 0 Å². The first-order chi connectivity index (χ1) is 6.52. The predicted molar refractivity (Wildman–Crippen MR) is 58.2 cm³/mol. The number of nitrogens with zero attached hydrogens (tertiary/aromatic N) is 1. The van der Waals surface area contributed by atoms with Gasteiger partial charge in [-0.3, -0.25) is 0 Å². The fraction of sp³-hybridized carbons (Fsp3) is 0.909. The molecule has 3 heteroatoms. The highest BCUT2D eigenvalue weighted by Crippen LogP contribution is 2.18. The van der Waals surface area contributed by atoms with Crippen molar-refractivity contribution in [2.24, 2.45) is 5.92 Å². The SMILES string of the molecule is CC(C)C(C)N(C)C(=O)NC1CCC1. The van der Waals surface area contributed by atoms with Gasteiger partial charge in [-0.1, -0.05) is 13.8 Å². The number of hydrogen-bond acceptors (Lipinski definition) is 1. The standard InChI is InChI=1S/C11H22N2O/c1-8(2)9(3)13(4)11(14)12-10-6-5-7-10/h8-10H,5-7H2,1-4H3,(H,12,14). The summed E-state index contributed by atoms with van der Waals surface area (Å²) < 4.78 is 0. The molecule has 1 unspecified atom stereocenters. The van der Waals surface area contributed by atoms with Crippen molar-refractivity contribution in [1.29, 1.82) is 0 Å². The Hall–Kier alpha value is -0.730. The van der Waals surface area contributed by atoms with Crippen molar-refractivity contribution in [3.05, 3.63) is 0 Å². The molecule has 0 spiro atoms. The van der Waals surface area contributed by atoms with E-state index in [0.717, 1.165) is 12.8 Å². The highest BCUT2D eigenvalue weighted by Gasteiger charge is 2.23. The van der Waals surface area contributed by atoms with Crippen molar-refractivity contribution >= 4 is 6.03 Å². The summed E-state index contributed by atoms with van der Waals surface area (Å²) in [5, 5.41) is 3.04. The summed E-state index contributed by atoms with van der Waals surface area (Å²) in [6.45, 7) is 6.36. The molecular weight excluding hydrogens is 176 g/mol. The Bertz CT molecular complexity index is 199. The lowest BCUT2D eigenvalue weighted by Crippen LogP contribution is -2.49. The fourth-order valence-electron chi connectivity index (χ4n) is 1.46. The molecular formula is C11H22N2O. The third-order valence-electron chi connectivity index (χ3n) is 3.33. The molecule has 0 radical (unpaired) electrons. The highest BCUT2D eigenvalue weighted by molar-refractivity contribution is 5.74. The smallest absolute Gasteiger partial charge is 0.317 e. The lowest BCUT2D eigenvalue weighted by Gasteiger charge is -2.33. The number of urea groups is 1. The van der Waals surface area contributed by atoms with Gasteiger partial charge in [-0.05, 0) is 32.1 Å². The van der Waals surface area contributed by atoms with Crippen molar-refractivity contribution < 1.29 is 4.79 Å². The second-order valence-electron chi connectivity index (χ2n) is 4.67. The topological polar surface area (TPSA) is 32.3 Å². The molecule has 0 aliphatic heterocycles. The number of hydrogen-bond donors (Lipinski definition) is 1. The van der Waals surface area contributed by atoms with Crippen LogP contribution in [-0.4, -0.2) is 30.1 Å². The van der Waals surface area contributed by atoms with Crippen molar-refractivity contribution in [2.75, 3.05) is 7.05 Å². The van der Waals surface area contributed by atoms with E-state index in [-0.39, 0.29) is 6.03 Å². The van der Waals surface area contributed by atoms with E-state index in [9.17, 15) is 4.79 Å². The molecule has 14 heavy (non-hydrogen) atoms. The number of carbonyl (C=O) groups is 1. The summed E-state index contributed by atoms with van der Waals surface area (Å²) in [4.78, 5) is 13.5. The van der Waals surface area contributed by atoms with Crippen molar-refractivity contribution in [3.63, 3.8) is 0 Å². The van der Waals surface area contributed by atoms with E-state index >= 15 is 0 Å². The van der Waals surface area contributed by atoms with E-state index in [0.29, 0.717) is 18.0 Å². The molecule has 1 aliphatic rings. The van der Waals surface area contributed by atoms with Gasteiger partial charge in [-0.25, -0.2) is 4.79 Å². The van der Waals surface area contributed by atoms with Gasteiger partial charge < -0.3 is 10.2 Å². The molecule has 0 aromatic heterocycles. The normalized spacial score (nSPS) is 18.9. The van der Waals surface area contributed by atoms with Crippen LogP contribution in [0.2, 0.25) is 0 Å². The predicted octanol–water partition coefficient (Wildman–Crippen LogP) is 2.22. The summed E-state index contributed by atoms with van der Waals surface area (Å²) >= 11 is 0. The zero-order chi connectivity index (χ0) is 10.7. The van der Waals surface area contributed by atoms with Gasteiger partial charge >= 0.3 is 6.03 Å². The van der Waals surface area contributed by atoms with E-state index in [1.807, 2.05) is 11.9 Å². The number of rotatable bonds is 3. The van der Waals surface area contributed by atoms with Gasteiger partial charge in [0, 0.05) is 19.1 Å². The molecule has 0 saturated heterocycles. The van der Waals surface area contributed by atoms with Gasteiger partial charge in [0.05, 0.1) is 0 Å². The molecule has 82 valence electrons. The zero-order valence-corrected chi connectivity index (χ0v) is 9.71. The molecule has 0 aromatic rings. The largest absolute Gasteiger partial charge is 0.335 e. The second-order valence-corrected chi connectivity index (χ2v) is 4.67. The molecule has 0 heterocycles. The van der Waals surface area contributed by atoms with Crippen molar-refractivity contribution in [1.82, 2.24) is 10.2 Å². The Morgan fingerprint density at radius 3 is 2.29 bits per heavy atom. The van der Waals surface area contributed by atoms with E-state index in [1.165, 1.54) is 6.42 Å². The number of carbonyl (C=O) groups excluding carboxylic acids is 1. The Kier molecular flexibility index (Phi) is 3.78. The molecule has 0 aromatic carbocycles. The number of nitrogens with one attached hydrogen (secondary N) is 1. The average molecular weight is 198 g/mol. The molecule has 1 atom stereocenters. The van der Waals surface area contributed by atoms with Crippen LogP contribution in [0.5, 0.6) is 0 Å². The minimum atomic E-state index is 0.0795. The third-order valence-corrected chi connectivity index (χ3v) is 3.33. The first-order valence-electron chi connectivity index (χ1n) is 5.55. The molecule has 3 nitrogen and oxygen atoms in total. The Morgan fingerprint density at radius 1 is 1.36 bits per heavy atom. The highest BCUT2D eigenvalue weighted by atomic mass is 16.2. The number of amides is 2. The summed E-state index contributed by atoms with van der Waals surface area (Å²) in [5.41, 5.74) is 0. The first-order valence-corrected chi connectivity index (χ1v) is 5.55. The zero-order valence-electron chi connectivity index (χ0n) is 9.71. The van der Waals surface area contributed by atoms with Gasteiger partial charge in [-0.2, -0.15) is 0 Å². The van der Waals surface area contributed by atoms with E-state index in [2.05, 4.69) is 26.1 Å². The third kappa shape index (κ3) is 2.63. The van der Waals surface area contributed by atoms with E-state index < -0.39 is 0 Å². The second kappa shape index (κ2) is 4.67. The minimum absolute atomic E-state index is 0.0795. The molecule has 2 amide bonds. The van der Waals surface area contributed by atoms with Crippen molar-refractivity contribution in [2.45, 2.75) is 52.1 Å². The van der Waals surface area contributed by atoms with Crippen LogP contribution in [0.15, 0.2) is 0 Å². The molecule has 1 fully saturated rings. The summed E-state index contributed by atoms with van der Waals surface area (Å²) in [5.74, 6) is 0.507. The first kappa shape index (κ1) is 11.3. The fourth-order valence-corrected chi connectivity index (χ4v) is 1.46. The van der Waals surface area contributed by atoms with E-state index in [1.54, 1.807) is 0 Å². The maximum atomic E-state index is 11.7. The summed E-state index contributed by atoms with van der Waals surface area (Å²) in [7, 11) is 1.87. The minimum Gasteiger partial charge on any atom is -0.335 e. The molecule has 1 aliphatic carbocycles. The monoisotopic (exact) mass is 198 g/mol. The lowest BCUT2D eigenvalue weighted by molar-refractivity contribution is 0.169. The Balaban J connectivity index is 2.34. The van der Waals surface area contributed by atoms with Crippen LogP contribution in [0.3, 0.4) is 0 Å². The molecule has 1 saturated carbocycles. The van der Waals surface area contributed by atoms with Crippen LogP contribution in [0, 0.1) is 5.92 Å². The maximum Gasteiger partial charge on any atom is 0.317 e. The van der Waals surface area contributed by atoms with Crippen molar-refractivity contribution in [3.8, 4) is 0 Å². The van der Waals surface area contributed by atoms with Gasteiger partial charge in [0.2, 0.25) is 0 Å². The van der Waals surface area contributed by atoms with E-state index in [4.69, 9.17) is 0 Å². The van der Waals surface area contributed by atoms with Crippen LogP contribution in [0.1, 0.15) is 40.0 Å². The van der Waals surface area contributed by atoms with Crippen LogP contribution < -0.4 is 5.32 Å². The van der Waals surface area contributed by atoms with Crippen LogP contribution in [0.25, 0.3) is 0 Å². The molecule has 1 N–H and O–H groups in total. The average Bonchev–Trinajstić information content (AvgIpc) is 2.08. The summed E-state index contributed by atoms with van der Waals surface area (Å²) in [6.07, 6.45) is 3.56. The van der Waals surface area contributed by atoms with Gasteiger partial charge in [0.15, 0.2) is 0 Å². The molecule has 1 rings (SSSR count). The van der Waals surface area contributed by atoms with Gasteiger partial charge in [0.1, 0.15) is 0 Å². The van der Waals surface area contributed by atoms with Crippen LogP contribution in [-0.2, 0) is 0 Å². The Morgan fingerprint density at radius 2 is 1.93 bits per heavy atom. The lowest BCUT2D eigenvalue weighted by atomic mass is 9.93. The summed E-state index contributed by atoms with van der Waals surface area (Å²) in [6, 6.07) is 0.815. The maximum absolute atomic E-state index is 11.7. The quantitative estimate of drug-likeness (QED) is 0.741.